The van der Waals surface area contributed by atoms with Gasteiger partial charge in [-0.05, 0) is 24.0 Å². The molecule has 0 radical (unpaired) electrons. The van der Waals surface area contributed by atoms with Gasteiger partial charge >= 0.3 is 6.18 Å². The molecule has 0 spiro atoms. The van der Waals surface area contributed by atoms with Gasteiger partial charge in [0.2, 0.25) is 5.91 Å². The molecule has 1 fully saturated rings. The number of benzene rings is 2. The molecular weight excluding hydrogens is 339 g/mol. The number of carbonyl (C=O) groups excluding carboxylic acids is 1. The van der Waals surface area contributed by atoms with Gasteiger partial charge in [0.05, 0.1) is 11.8 Å². The number of nitrogens with one attached hydrogen (secondary N) is 1. The van der Waals surface area contributed by atoms with Gasteiger partial charge in [-0.2, -0.15) is 13.2 Å². The Bertz CT molecular complexity index is 676. The number of carbonyl (C=O) groups is 1. The lowest BCUT2D eigenvalue weighted by Crippen LogP contribution is -2.49. The fourth-order valence-corrected chi connectivity index (χ4v) is 3.75. The Hall–Kier alpha value is -2.30. The highest BCUT2D eigenvalue weighted by Crippen LogP contribution is 2.38. The van der Waals surface area contributed by atoms with Crippen LogP contribution in [0.3, 0.4) is 0 Å². The van der Waals surface area contributed by atoms with Crippen molar-refractivity contribution in [2.75, 3.05) is 0 Å². The number of hydrogen-bond donors (Lipinski definition) is 1. The van der Waals surface area contributed by atoms with E-state index in [4.69, 9.17) is 0 Å². The predicted octanol–water partition coefficient (Wildman–Crippen LogP) is 5.06. The fourth-order valence-electron chi connectivity index (χ4n) is 3.75. The summed E-state index contributed by atoms with van der Waals surface area (Å²) in [6, 6.07) is 17.5. The maximum absolute atomic E-state index is 13.3. The van der Waals surface area contributed by atoms with E-state index in [2.05, 4.69) is 5.32 Å². The van der Waals surface area contributed by atoms with Crippen molar-refractivity contribution in [2.24, 2.45) is 5.92 Å². The molecule has 0 saturated heterocycles. The van der Waals surface area contributed by atoms with Crippen molar-refractivity contribution in [3.63, 3.8) is 0 Å². The SMILES string of the molecule is O=C(NC1CCCCC1C(F)(F)F)C(c1ccccc1)c1ccccc1. The van der Waals surface area contributed by atoms with E-state index in [1.807, 2.05) is 60.7 Å². The number of hydrogen-bond acceptors (Lipinski definition) is 1. The zero-order valence-electron chi connectivity index (χ0n) is 14.4. The fraction of sp³-hybridized carbons (Fsp3) is 0.381. The summed E-state index contributed by atoms with van der Waals surface area (Å²) in [6.45, 7) is 0. The second-order valence-electron chi connectivity index (χ2n) is 6.80. The van der Waals surface area contributed by atoms with E-state index in [9.17, 15) is 18.0 Å². The highest BCUT2D eigenvalue weighted by molar-refractivity contribution is 5.87. The summed E-state index contributed by atoms with van der Waals surface area (Å²) in [5.74, 6) is -2.45. The zero-order valence-corrected chi connectivity index (χ0v) is 14.4. The molecule has 2 nitrogen and oxygen atoms in total. The molecular formula is C21H22F3NO. The molecule has 0 bridgehead atoms. The van der Waals surface area contributed by atoms with E-state index >= 15 is 0 Å². The molecule has 2 atom stereocenters. The molecule has 138 valence electrons. The van der Waals surface area contributed by atoms with Gasteiger partial charge in [-0.15, -0.1) is 0 Å². The molecule has 1 N–H and O–H groups in total. The first-order chi connectivity index (χ1) is 12.5. The summed E-state index contributed by atoms with van der Waals surface area (Å²) < 4.78 is 40.0. The van der Waals surface area contributed by atoms with Crippen LogP contribution in [-0.4, -0.2) is 18.1 Å². The van der Waals surface area contributed by atoms with Gasteiger partial charge in [-0.3, -0.25) is 4.79 Å². The van der Waals surface area contributed by atoms with Crippen molar-refractivity contribution in [3.8, 4) is 0 Å². The Balaban J connectivity index is 1.86. The number of halogens is 3. The number of rotatable bonds is 4. The molecule has 2 aromatic rings. The number of amides is 1. The van der Waals surface area contributed by atoms with Crippen molar-refractivity contribution < 1.29 is 18.0 Å². The molecule has 2 unspecified atom stereocenters. The molecule has 5 heteroatoms. The maximum Gasteiger partial charge on any atom is 0.393 e. The smallest absolute Gasteiger partial charge is 0.352 e. The molecule has 26 heavy (non-hydrogen) atoms. The normalized spacial score (nSPS) is 20.8. The Kier molecular flexibility index (Phi) is 5.64. The predicted molar refractivity (Wildman–Crippen MR) is 94.7 cm³/mol. The van der Waals surface area contributed by atoms with Crippen LogP contribution in [0.5, 0.6) is 0 Å². The van der Waals surface area contributed by atoms with Gasteiger partial charge in [0.15, 0.2) is 0 Å². The summed E-state index contributed by atoms with van der Waals surface area (Å²) in [7, 11) is 0. The van der Waals surface area contributed by atoms with Crippen LogP contribution in [0.15, 0.2) is 60.7 Å². The monoisotopic (exact) mass is 361 g/mol. The van der Waals surface area contributed by atoms with E-state index in [-0.39, 0.29) is 12.3 Å². The first kappa shape index (κ1) is 18.5. The second kappa shape index (κ2) is 7.94. The third-order valence-corrected chi connectivity index (χ3v) is 5.04. The topological polar surface area (TPSA) is 29.1 Å². The van der Waals surface area contributed by atoms with Crippen molar-refractivity contribution in [2.45, 2.75) is 43.8 Å². The summed E-state index contributed by atoms with van der Waals surface area (Å²) in [6.07, 6.45) is -2.58. The molecule has 2 aromatic carbocycles. The van der Waals surface area contributed by atoms with Gasteiger partial charge < -0.3 is 5.32 Å². The molecule has 3 rings (SSSR count). The summed E-state index contributed by atoms with van der Waals surface area (Å²) in [5.41, 5.74) is 1.55. The van der Waals surface area contributed by atoms with Crippen LogP contribution in [0.1, 0.15) is 42.7 Å². The Morgan fingerprint density at radius 3 is 1.88 bits per heavy atom. The lowest BCUT2D eigenvalue weighted by Gasteiger charge is -2.34. The second-order valence-corrected chi connectivity index (χ2v) is 6.80. The molecule has 1 amide bonds. The van der Waals surface area contributed by atoms with E-state index < -0.39 is 24.1 Å². The Labute approximate surface area is 151 Å². The van der Waals surface area contributed by atoms with E-state index in [1.165, 1.54) is 0 Å². The molecule has 0 aliphatic heterocycles. The average Bonchev–Trinajstić information content (AvgIpc) is 2.63. The van der Waals surface area contributed by atoms with E-state index in [1.54, 1.807) is 0 Å². The minimum Gasteiger partial charge on any atom is -0.352 e. The van der Waals surface area contributed by atoms with Crippen LogP contribution in [0, 0.1) is 5.92 Å². The third kappa shape index (κ3) is 4.26. The lowest BCUT2D eigenvalue weighted by molar-refractivity contribution is -0.189. The summed E-state index contributed by atoms with van der Waals surface area (Å²) in [5, 5.41) is 2.71. The first-order valence-corrected chi connectivity index (χ1v) is 8.94. The lowest BCUT2D eigenvalue weighted by atomic mass is 9.83. The summed E-state index contributed by atoms with van der Waals surface area (Å²) >= 11 is 0. The number of alkyl halides is 3. The Morgan fingerprint density at radius 2 is 1.38 bits per heavy atom. The zero-order chi connectivity index (χ0) is 18.6. The van der Waals surface area contributed by atoms with Gasteiger partial charge in [0.1, 0.15) is 0 Å². The quantitative estimate of drug-likeness (QED) is 0.811. The van der Waals surface area contributed by atoms with Crippen molar-refractivity contribution >= 4 is 5.91 Å². The third-order valence-electron chi connectivity index (χ3n) is 5.04. The van der Waals surface area contributed by atoms with Crippen molar-refractivity contribution in [3.05, 3.63) is 71.8 Å². The Morgan fingerprint density at radius 1 is 0.885 bits per heavy atom. The van der Waals surface area contributed by atoms with Crippen LogP contribution in [0.4, 0.5) is 13.2 Å². The molecule has 1 aliphatic rings. The van der Waals surface area contributed by atoms with E-state index in [0.717, 1.165) is 11.1 Å². The van der Waals surface area contributed by atoms with Gasteiger partial charge in [-0.1, -0.05) is 73.5 Å². The highest BCUT2D eigenvalue weighted by atomic mass is 19.4. The van der Waals surface area contributed by atoms with Gasteiger partial charge in [-0.25, -0.2) is 0 Å². The van der Waals surface area contributed by atoms with E-state index in [0.29, 0.717) is 19.3 Å². The average molecular weight is 361 g/mol. The van der Waals surface area contributed by atoms with Crippen LogP contribution < -0.4 is 5.32 Å². The van der Waals surface area contributed by atoms with Crippen LogP contribution >= 0.6 is 0 Å². The van der Waals surface area contributed by atoms with Crippen LogP contribution in [0.25, 0.3) is 0 Å². The molecule has 0 heterocycles. The summed E-state index contributed by atoms with van der Waals surface area (Å²) in [4.78, 5) is 13.0. The van der Waals surface area contributed by atoms with Gasteiger partial charge in [0.25, 0.3) is 0 Å². The van der Waals surface area contributed by atoms with Crippen LogP contribution in [0.2, 0.25) is 0 Å². The standard InChI is InChI=1S/C21H22F3NO/c22-21(23,24)17-13-7-8-14-18(17)25-20(26)19(15-9-3-1-4-10-15)16-11-5-2-6-12-16/h1-6,9-12,17-19H,7-8,13-14H2,(H,25,26). The minimum atomic E-state index is -4.28. The largest absolute Gasteiger partial charge is 0.393 e. The van der Waals surface area contributed by atoms with Crippen molar-refractivity contribution in [1.29, 1.82) is 0 Å². The van der Waals surface area contributed by atoms with Crippen LogP contribution in [-0.2, 0) is 4.79 Å². The first-order valence-electron chi connectivity index (χ1n) is 8.94. The minimum absolute atomic E-state index is 0.0792. The van der Waals surface area contributed by atoms with Crippen molar-refractivity contribution in [1.82, 2.24) is 5.32 Å². The highest BCUT2D eigenvalue weighted by Gasteiger charge is 2.46. The molecule has 1 saturated carbocycles. The van der Waals surface area contributed by atoms with Gasteiger partial charge in [0, 0.05) is 6.04 Å². The molecule has 1 aliphatic carbocycles. The maximum atomic E-state index is 13.3. The molecule has 0 aromatic heterocycles.